The number of halogens is 1. The smallest absolute Gasteiger partial charge is 0.343 e. The molecule has 3 N–H and O–H groups in total. The maximum Gasteiger partial charge on any atom is 0.343 e. The first kappa shape index (κ1) is 25.5. The van der Waals surface area contributed by atoms with E-state index in [1.807, 2.05) is 0 Å². The highest BCUT2D eigenvalue weighted by Gasteiger charge is 2.31. The molecule has 0 aliphatic carbocycles. The summed E-state index contributed by atoms with van der Waals surface area (Å²) >= 11 is 0. The third-order valence-electron chi connectivity index (χ3n) is 5.82. The monoisotopic (exact) mass is 512 g/mol. The Balaban J connectivity index is 1.74. The van der Waals surface area contributed by atoms with Gasteiger partial charge in [-0.25, -0.2) is 9.18 Å². The number of aromatic nitrogens is 1. The number of ether oxygens (including phenoxy) is 4. The molecule has 1 atom stereocenters. The number of carbonyl (C=O) groups excluding carboxylic acids is 2. The second-order valence-electron chi connectivity index (χ2n) is 8.13. The molecule has 0 spiro atoms. The Kier molecular flexibility index (Phi) is 7.61. The lowest BCUT2D eigenvalue weighted by molar-refractivity contribution is -0.121. The molecule has 1 aromatic heterocycles. The molecule has 3 aromatic rings. The predicted octanol–water partition coefficient (Wildman–Crippen LogP) is 2.97. The summed E-state index contributed by atoms with van der Waals surface area (Å²) in [6.07, 6.45) is 0.776. The molecule has 1 aliphatic rings. The quantitative estimate of drug-likeness (QED) is 0.373. The third-order valence-corrected chi connectivity index (χ3v) is 5.82. The van der Waals surface area contributed by atoms with Crippen molar-refractivity contribution in [3.05, 3.63) is 81.0 Å². The Morgan fingerprint density at radius 1 is 1.22 bits per heavy atom. The van der Waals surface area contributed by atoms with Crippen LogP contribution in [-0.2, 0) is 16.1 Å². The molecule has 1 amide bonds. The second-order valence-corrected chi connectivity index (χ2v) is 8.13. The summed E-state index contributed by atoms with van der Waals surface area (Å²) in [7, 11) is 1.43. The molecule has 0 radical (unpaired) electrons. The van der Waals surface area contributed by atoms with Gasteiger partial charge in [0.15, 0.2) is 11.5 Å². The standard InChI is InChI=1S/C26H25FN2O8/c1-3-35-26(33)18-12-29-25(32)22(23(18)31)17(10-21(30)28-11-14-4-6-16(27)7-5-14)15-8-19(34-2)24-20(9-15)36-13-37-24/h4-9,12,17H,3,10-11,13H2,1-2H3,(H,28,30)(H2,29,31,32)/t17-/m1/s1. The van der Waals surface area contributed by atoms with Crippen LogP contribution < -0.4 is 25.1 Å². The summed E-state index contributed by atoms with van der Waals surface area (Å²) in [6.45, 7) is 1.74. The van der Waals surface area contributed by atoms with Crippen LogP contribution in [0.15, 0.2) is 47.4 Å². The fourth-order valence-corrected chi connectivity index (χ4v) is 4.02. The highest BCUT2D eigenvalue weighted by atomic mass is 19.1. The van der Waals surface area contributed by atoms with Crippen molar-refractivity contribution in [1.29, 1.82) is 0 Å². The average molecular weight is 512 g/mol. The van der Waals surface area contributed by atoms with Crippen LogP contribution in [0.25, 0.3) is 0 Å². The lowest BCUT2D eigenvalue weighted by Gasteiger charge is -2.20. The Labute approximate surface area is 210 Å². The third kappa shape index (κ3) is 5.50. The van der Waals surface area contributed by atoms with Gasteiger partial charge in [-0.1, -0.05) is 12.1 Å². The van der Waals surface area contributed by atoms with Crippen molar-refractivity contribution in [3.63, 3.8) is 0 Å². The van der Waals surface area contributed by atoms with Gasteiger partial charge in [-0.2, -0.15) is 0 Å². The average Bonchev–Trinajstić information content (AvgIpc) is 3.36. The van der Waals surface area contributed by atoms with Crippen LogP contribution in [0, 0.1) is 5.82 Å². The zero-order valence-electron chi connectivity index (χ0n) is 20.1. The van der Waals surface area contributed by atoms with E-state index in [0.717, 1.165) is 6.20 Å². The van der Waals surface area contributed by atoms with E-state index >= 15 is 0 Å². The Hall–Kier alpha value is -4.54. The first-order chi connectivity index (χ1) is 17.8. The van der Waals surface area contributed by atoms with E-state index < -0.39 is 34.9 Å². The fourth-order valence-electron chi connectivity index (χ4n) is 4.02. The van der Waals surface area contributed by atoms with E-state index in [4.69, 9.17) is 18.9 Å². The lowest BCUT2D eigenvalue weighted by atomic mass is 9.87. The molecule has 0 fully saturated rings. The highest BCUT2D eigenvalue weighted by molar-refractivity contribution is 5.92. The predicted molar refractivity (Wildman–Crippen MR) is 129 cm³/mol. The number of aromatic hydroxyl groups is 1. The number of esters is 1. The summed E-state index contributed by atoms with van der Waals surface area (Å²) in [5.41, 5.74) is -0.0799. The topological polar surface area (TPSA) is 136 Å². The van der Waals surface area contributed by atoms with E-state index in [2.05, 4.69) is 10.3 Å². The van der Waals surface area contributed by atoms with Crippen molar-refractivity contribution >= 4 is 11.9 Å². The fraction of sp³-hybridized carbons (Fsp3) is 0.269. The molecule has 194 valence electrons. The molecule has 0 bridgehead atoms. The maximum absolute atomic E-state index is 13.2. The zero-order chi connectivity index (χ0) is 26.5. The molecular formula is C26H25FN2O8. The number of fused-ring (bicyclic) bond motifs is 1. The number of hydrogen-bond acceptors (Lipinski definition) is 8. The van der Waals surface area contributed by atoms with Crippen LogP contribution in [0.4, 0.5) is 4.39 Å². The number of benzene rings is 2. The minimum Gasteiger partial charge on any atom is -0.506 e. The van der Waals surface area contributed by atoms with E-state index in [9.17, 15) is 23.9 Å². The van der Waals surface area contributed by atoms with Gasteiger partial charge >= 0.3 is 5.97 Å². The van der Waals surface area contributed by atoms with Gasteiger partial charge in [0.05, 0.1) is 19.3 Å². The van der Waals surface area contributed by atoms with Gasteiger partial charge in [0.2, 0.25) is 18.4 Å². The molecule has 0 saturated carbocycles. The van der Waals surface area contributed by atoms with Gasteiger partial charge in [0.25, 0.3) is 5.56 Å². The van der Waals surface area contributed by atoms with E-state index in [1.54, 1.807) is 19.1 Å². The molecule has 0 saturated heterocycles. The van der Waals surface area contributed by atoms with E-state index in [-0.39, 0.29) is 37.5 Å². The number of amides is 1. The number of aromatic amines is 1. The largest absolute Gasteiger partial charge is 0.506 e. The molecule has 4 rings (SSSR count). The molecule has 37 heavy (non-hydrogen) atoms. The van der Waals surface area contributed by atoms with Crippen molar-refractivity contribution in [2.75, 3.05) is 20.5 Å². The van der Waals surface area contributed by atoms with Crippen molar-refractivity contribution in [1.82, 2.24) is 10.3 Å². The van der Waals surface area contributed by atoms with Crippen molar-refractivity contribution < 1.29 is 38.0 Å². The minimum atomic E-state index is -1.02. The Morgan fingerprint density at radius 2 is 1.97 bits per heavy atom. The number of rotatable bonds is 9. The highest BCUT2D eigenvalue weighted by Crippen LogP contribution is 2.45. The summed E-state index contributed by atoms with van der Waals surface area (Å²) < 4.78 is 34.5. The molecule has 11 heteroatoms. The van der Waals surface area contributed by atoms with E-state index in [0.29, 0.717) is 28.4 Å². The molecule has 2 heterocycles. The number of nitrogens with one attached hydrogen (secondary N) is 2. The minimum absolute atomic E-state index is 0.0395. The zero-order valence-corrected chi connectivity index (χ0v) is 20.1. The SMILES string of the molecule is CCOC(=O)c1c[nH]c(=O)c([C@H](CC(=O)NCc2ccc(F)cc2)c2cc(OC)c3c(c2)OCO3)c1O. The summed E-state index contributed by atoms with van der Waals surface area (Å²) in [6, 6.07) is 8.79. The normalized spacial score (nSPS) is 12.6. The number of hydrogen-bond donors (Lipinski definition) is 3. The Bertz CT molecular complexity index is 1370. The van der Waals surface area contributed by atoms with Crippen LogP contribution in [0.3, 0.4) is 0 Å². The summed E-state index contributed by atoms with van der Waals surface area (Å²) in [5.74, 6) is -2.31. The van der Waals surface area contributed by atoms with Crippen molar-refractivity contribution in [2.45, 2.75) is 25.8 Å². The van der Waals surface area contributed by atoms with Gasteiger partial charge in [-0.3, -0.25) is 9.59 Å². The van der Waals surface area contributed by atoms with Crippen LogP contribution in [0.5, 0.6) is 23.0 Å². The number of carbonyl (C=O) groups is 2. The van der Waals surface area contributed by atoms with Crippen LogP contribution in [0.1, 0.15) is 46.3 Å². The van der Waals surface area contributed by atoms with Crippen molar-refractivity contribution in [2.24, 2.45) is 0 Å². The van der Waals surface area contributed by atoms with Gasteiger partial charge in [0.1, 0.15) is 17.1 Å². The molecular weight excluding hydrogens is 487 g/mol. The summed E-state index contributed by atoms with van der Waals surface area (Å²) in [5, 5.41) is 13.7. The molecule has 2 aromatic carbocycles. The summed E-state index contributed by atoms with van der Waals surface area (Å²) in [4.78, 5) is 40.8. The van der Waals surface area contributed by atoms with Crippen LogP contribution in [0.2, 0.25) is 0 Å². The number of methoxy groups -OCH3 is 1. The van der Waals surface area contributed by atoms with Gasteiger partial charge in [-0.05, 0) is 42.3 Å². The molecule has 0 unspecified atom stereocenters. The van der Waals surface area contributed by atoms with Crippen molar-refractivity contribution in [3.8, 4) is 23.0 Å². The number of H-pyrrole nitrogens is 1. The van der Waals surface area contributed by atoms with Crippen LogP contribution >= 0.6 is 0 Å². The first-order valence-corrected chi connectivity index (χ1v) is 11.4. The molecule has 1 aliphatic heterocycles. The van der Waals surface area contributed by atoms with Gasteiger partial charge in [0, 0.05) is 25.1 Å². The second kappa shape index (κ2) is 11.0. The van der Waals surface area contributed by atoms with Gasteiger partial charge < -0.3 is 34.4 Å². The maximum atomic E-state index is 13.2. The Morgan fingerprint density at radius 3 is 2.68 bits per heavy atom. The lowest BCUT2D eigenvalue weighted by Crippen LogP contribution is -2.27. The number of pyridine rings is 1. The van der Waals surface area contributed by atoms with Crippen LogP contribution in [-0.4, -0.2) is 42.5 Å². The van der Waals surface area contributed by atoms with Gasteiger partial charge in [-0.15, -0.1) is 0 Å². The first-order valence-electron chi connectivity index (χ1n) is 11.4. The van der Waals surface area contributed by atoms with E-state index in [1.165, 1.54) is 31.4 Å². The molecule has 10 nitrogen and oxygen atoms in total.